The summed E-state index contributed by atoms with van der Waals surface area (Å²) in [4.78, 5) is 10.8. The van der Waals surface area contributed by atoms with E-state index in [1.165, 1.54) is 7.11 Å². The van der Waals surface area contributed by atoms with Gasteiger partial charge in [-0.2, -0.15) is 0 Å². The van der Waals surface area contributed by atoms with Crippen LogP contribution in [-0.2, 0) is 9.53 Å². The maximum absolute atomic E-state index is 10.8. The summed E-state index contributed by atoms with van der Waals surface area (Å²) in [6.07, 6.45) is 5.62. The fourth-order valence-electron chi connectivity index (χ4n) is 0.873. The Morgan fingerprint density at radius 2 is 2.17 bits per heavy atom. The summed E-state index contributed by atoms with van der Waals surface area (Å²) in [5.74, 6) is -0.298. The molecule has 0 heterocycles. The van der Waals surface area contributed by atoms with Crippen molar-refractivity contribution in [3.63, 3.8) is 0 Å². The Bertz CT molecular complexity index is 171. The van der Waals surface area contributed by atoms with Gasteiger partial charge < -0.3 is 4.74 Å². The van der Waals surface area contributed by atoms with Gasteiger partial charge in [-0.25, -0.2) is 4.79 Å². The van der Waals surface area contributed by atoms with Gasteiger partial charge >= 0.3 is 5.97 Å². The molecule has 12 heavy (non-hydrogen) atoms. The van der Waals surface area contributed by atoms with Crippen LogP contribution in [-0.4, -0.2) is 13.1 Å². The summed E-state index contributed by atoms with van der Waals surface area (Å²) in [6.45, 7) is 7.24. The Hall–Kier alpha value is -1.05. The molecule has 0 rings (SSSR count). The summed E-state index contributed by atoms with van der Waals surface area (Å²) in [7, 11) is 1.37. The maximum Gasteiger partial charge on any atom is 0.333 e. The van der Waals surface area contributed by atoms with Crippen molar-refractivity contribution in [1.82, 2.24) is 0 Å². The van der Waals surface area contributed by atoms with Gasteiger partial charge in [0.15, 0.2) is 0 Å². The summed E-state index contributed by atoms with van der Waals surface area (Å²) < 4.78 is 4.51. The van der Waals surface area contributed by atoms with Crippen LogP contribution in [0.4, 0.5) is 0 Å². The van der Waals surface area contributed by atoms with E-state index in [0.717, 1.165) is 25.7 Å². The van der Waals surface area contributed by atoms with Gasteiger partial charge in [-0.05, 0) is 25.7 Å². The highest BCUT2D eigenvalue weighted by Gasteiger charge is 2.04. The van der Waals surface area contributed by atoms with Crippen LogP contribution in [0.1, 0.15) is 25.7 Å². The lowest BCUT2D eigenvalue weighted by molar-refractivity contribution is -0.136. The first-order valence-corrected chi connectivity index (χ1v) is 4.09. The van der Waals surface area contributed by atoms with Crippen LogP contribution < -0.4 is 0 Å². The first-order chi connectivity index (χ1) is 5.72. The lowest BCUT2D eigenvalue weighted by Gasteiger charge is -2.01. The molecule has 2 nitrogen and oxygen atoms in total. The van der Waals surface area contributed by atoms with Crippen molar-refractivity contribution in [1.29, 1.82) is 0 Å². The van der Waals surface area contributed by atoms with Crippen LogP contribution in [0, 0.1) is 0 Å². The molecule has 0 fully saturated rings. The Morgan fingerprint density at radius 3 is 2.67 bits per heavy atom. The number of esters is 1. The first-order valence-electron chi connectivity index (χ1n) is 4.09. The minimum atomic E-state index is -0.298. The number of carbonyl (C=O) groups is 1. The molecule has 0 aromatic carbocycles. The van der Waals surface area contributed by atoms with E-state index in [2.05, 4.69) is 17.9 Å². The van der Waals surface area contributed by atoms with Gasteiger partial charge in [0.05, 0.1) is 7.11 Å². The molecule has 0 spiro atoms. The average molecular weight is 168 g/mol. The van der Waals surface area contributed by atoms with Crippen LogP contribution >= 0.6 is 0 Å². The Labute approximate surface area is 73.9 Å². The minimum Gasteiger partial charge on any atom is -0.466 e. The molecule has 0 aliphatic heterocycles. The minimum absolute atomic E-state index is 0.298. The van der Waals surface area contributed by atoms with Crippen molar-refractivity contribution in [3.05, 3.63) is 24.8 Å². The number of hydrogen-bond acceptors (Lipinski definition) is 2. The van der Waals surface area contributed by atoms with Crippen molar-refractivity contribution < 1.29 is 9.53 Å². The smallest absolute Gasteiger partial charge is 0.333 e. The summed E-state index contributed by atoms with van der Waals surface area (Å²) in [5.41, 5.74) is 0.557. The zero-order chi connectivity index (χ0) is 9.40. The van der Waals surface area contributed by atoms with E-state index in [1.54, 1.807) is 0 Å². The molecule has 0 aromatic heterocycles. The highest BCUT2D eigenvalue weighted by atomic mass is 16.5. The van der Waals surface area contributed by atoms with E-state index in [-0.39, 0.29) is 5.97 Å². The highest BCUT2D eigenvalue weighted by Crippen LogP contribution is 2.08. The molecule has 0 saturated heterocycles. The third-order valence-electron chi connectivity index (χ3n) is 1.61. The predicted molar refractivity (Wildman–Crippen MR) is 49.8 cm³/mol. The molecule has 0 unspecified atom stereocenters. The van der Waals surface area contributed by atoms with E-state index in [1.807, 2.05) is 6.08 Å². The molecule has 0 N–H and O–H groups in total. The summed E-state index contributed by atoms with van der Waals surface area (Å²) >= 11 is 0. The van der Waals surface area contributed by atoms with Crippen LogP contribution in [0.5, 0.6) is 0 Å². The standard InChI is InChI=1S/C10H16O2/c1-4-5-6-7-8-9(2)10(11)12-3/h4H,1-2,5-8H2,3H3. The van der Waals surface area contributed by atoms with Crippen LogP contribution in [0.15, 0.2) is 24.8 Å². The average Bonchev–Trinajstić information content (AvgIpc) is 2.10. The van der Waals surface area contributed by atoms with Crippen molar-refractivity contribution in [2.75, 3.05) is 7.11 Å². The lowest BCUT2D eigenvalue weighted by Crippen LogP contribution is -2.03. The second-order valence-corrected chi connectivity index (χ2v) is 2.63. The van der Waals surface area contributed by atoms with E-state index in [9.17, 15) is 4.79 Å². The number of allylic oxidation sites excluding steroid dienone is 1. The number of carbonyl (C=O) groups excluding carboxylic acids is 1. The van der Waals surface area contributed by atoms with Gasteiger partial charge in [-0.15, -0.1) is 6.58 Å². The fraction of sp³-hybridized carbons (Fsp3) is 0.500. The Morgan fingerprint density at radius 1 is 1.50 bits per heavy atom. The van der Waals surface area contributed by atoms with Gasteiger partial charge in [0.25, 0.3) is 0 Å². The second-order valence-electron chi connectivity index (χ2n) is 2.63. The predicted octanol–water partition coefficient (Wildman–Crippen LogP) is 2.46. The molecular weight excluding hydrogens is 152 g/mol. The second kappa shape index (κ2) is 6.65. The monoisotopic (exact) mass is 168 g/mol. The maximum atomic E-state index is 10.8. The number of ether oxygens (including phenoxy) is 1. The largest absolute Gasteiger partial charge is 0.466 e. The molecule has 68 valence electrons. The van der Waals surface area contributed by atoms with E-state index in [4.69, 9.17) is 0 Å². The Kier molecular flexibility index (Phi) is 6.07. The third kappa shape index (κ3) is 4.72. The zero-order valence-electron chi connectivity index (χ0n) is 7.64. The van der Waals surface area contributed by atoms with E-state index < -0.39 is 0 Å². The highest BCUT2D eigenvalue weighted by molar-refractivity contribution is 5.87. The molecule has 2 heteroatoms. The van der Waals surface area contributed by atoms with Gasteiger partial charge in [0.1, 0.15) is 0 Å². The van der Waals surface area contributed by atoms with Crippen LogP contribution in [0.3, 0.4) is 0 Å². The third-order valence-corrected chi connectivity index (χ3v) is 1.61. The Balaban J connectivity index is 3.44. The van der Waals surface area contributed by atoms with Gasteiger partial charge in [0.2, 0.25) is 0 Å². The normalized spacial score (nSPS) is 9.08. The SMILES string of the molecule is C=CCCCCC(=C)C(=O)OC. The van der Waals surface area contributed by atoms with Crippen molar-refractivity contribution in [3.8, 4) is 0 Å². The van der Waals surface area contributed by atoms with Gasteiger partial charge in [-0.3, -0.25) is 0 Å². The van der Waals surface area contributed by atoms with E-state index in [0.29, 0.717) is 5.57 Å². The summed E-state index contributed by atoms with van der Waals surface area (Å²) in [5, 5.41) is 0. The first kappa shape index (κ1) is 11.0. The van der Waals surface area contributed by atoms with Crippen LogP contribution in [0.2, 0.25) is 0 Å². The molecular formula is C10H16O2. The van der Waals surface area contributed by atoms with Gasteiger partial charge in [-0.1, -0.05) is 12.7 Å². The number of hydrogen-bond donors (Lipinski definition) is 0. The number of methoxy groups -OCH3 is 1. The molecule has 0 radical (unpaired) electrons. The molecule has 0 saturated carbocycles. The number of unbranched alkanes of at least 4 members (excludes halogenated alkanes) is 2. The fourth-order valence-corrected chi connectivity index (χ4v) is 0.873. The van der Waals surface area contributed by atoms with Crippen molar-refractivity contribution >= 4 is 5.97 Å². The molecule has 0 aromatic rings. The molecule has 0 aliphatic carbocycles. The number of rotatable bonds is 6. The zero-order valence-corrected chi connectivity index (χ0v) is 7.64. The molecule has 0 amide bonds. The topological polar surface area (TPSA) is 26.3 Å². The lowest BCUT2D eigenvalue weighted by atomic mass is 10.1. The van der Waals surface area contributed by atoms with Gasteiger partial charge in [0, 0.05) is 5.57 Å². The summed E-state index contributed by atoms with van der Waals surface area (Å²) in [6, 6.07) is 0. The molecule has 0 atom stereocenters. The molecule has 0 aliphatic rings. The quantitative estimate of drug-likeness (QED) is 0.263. The van der Waals surface area contributed by atoms with Crippen molar-refractivity contribution in [2.24, 2.45) is 0 Å². The van der Waals surface area contributed by atoms with Crippen molar-refractivity contribution in [2.45, 2.75) is 25.7 Å². The molecule has 0 bridgehead atoms. The van der Waals surface area contributed by atoms with Crippen LogP contribution in [0.25, 0.3) is 0 Å². The van der Waals surface area contributed by atoms with E-state index >= 15 is 0 Å².